The van der Waals surface area contributed by atoms with Gasteiger partial charge in [-0.1, -0.05) is 0 Å². The van der Waals surface area contributed by atoms with Gasteiger partial charge in [0, 0.05) is 0 Å². The first kappa shape index (κ1) is 16.6. The summed E-state index contributed by atoms with van der Waals surface area (Å²) in [6.45, 7) is 4.96. The Hall–Kier alpha value is -2.23. The van der Waals surface area contributed by atoms with Gasteiger partial charge in [-0.25, -0.2) is 24.2 Å². The summed E-state index contributed by atoms with van der Waals surface area (Å²) >= 11 is 3.31. The number of amides is 2. The number of carboxylic acid groups (broad SMARTS) is 1. The van der Waals surface area contributed by atoms with Gasteiger partial charge in [-0.15, -0.1) is 0 Å². The van der Waals surface area contributed by atoms with E-state index in [1.807, 2.05) is 0 Å². The number of carbonyl (C=O) groups excluding carboxylic acids is 1. The molecule has 1 aliphatic rings. The third kappa shape index (κ3) is 3.05. The topological polar surface area (TPSA) is 110 Å². The third-order valence-corrected chi connectivity index (χ3v) is 3.85. The molecule has 0 bridgehead atoms. The maximum Gasteiger partial charge on any atom is 0.425 e. The lowest BCUT2D eigenvalue weighted by Crippen LogP contribution is -2.40. The van der Waals surface area contributed by atoms with Crippen molar-refractivity contribution in [3.8, 4) is 0 Å². The molecular formula is C14H16BrN5O4. The second kappa shape index (κ2) is 5.69. The van der Waals surface area contributed by atoms with Gasteiger partial charge < -0.3 is 9.84 Å². The molecule has 3 rings (SSSR count). The summed E-state index contributed by atoms with van der Waals surface area (Å²) in [5.41, 5.74) is -0.365. The molecule has 0 radical (unpaired) electrons. The zero-order chi connectivity index (χ0) is 17.6. The maximum atomic E-state index is 12.3. The molecule has 24 heavy (non-hydrogen) atoms. The lowest BCUT2D eigenvalue weighted by molar-refractivity contribution is 0.0581. The van der Waals surface area contributed by atoms with Gasteiger partial charge in [-0.05, 0) is 49.5 Å². The average Bonchev–Trinajstić information content (AvgIpc) is 3.22. The summed E-state index contributed by atoms with van der Waals surface area (Å²) in [6.07, 6.45) is 0.663. The van der Waals surface area contributed by atoms with E-state index < -0.39 is 17.8 Å². The van der Waals surface area contributed by atoms with Gasteiger partial charge in [-0.2, -0.15) is 10.00 Å². The molecule has 9 nitrogen and oxygen atoms in total. The number of rotatable bonds is 2. The smallest absolute Gasteiger partial charge is 0.425 e. The average molecular weight is 398 g/mol. The second-order valence-electron chi connectivity index (χ2n) is 6.46. The zero-order valence-corrected chi connectivity index (χ0v) is 14.9. The van der Waals surface area contributed by atoms with E-state index in [9.17, 15) is 14.7 Å². The lowest BCUT2D eigenvalue weighted by atomic mass is 10.2. The minimum atomic E-state index is -1.49. The van der Waals surface area contributed by atoms with Crippen LogP contribution in [0.1, 0.15) is 39.7 Å². The van der Waals surface area contributed by atoms with E-state index in [0.717, 1.165) is 12.8 Å². The molecule has 1 aliphatic carbocycles. The van der Waals surface area contributed by atoms with Gasteiger partial charge in [0.05, 0.1) is 11.4 Å². The molecule has 0 saturated heterocycles. The quantitative estimate of drug-likeness (QED) is 0.826. The lowest BCUT2D eigenvalue weighted by Gasteiger charge is -2.24. The summed E-state index contributed by atoms with van der Waals surface area (Å²) in [5.74, 6) is -0.0828. The number of hydrogen-bond acceptors (Lipinski definition) is 6. The van der Waals surface area contributed by atoms with Crippen LogP contribution in [-0.2, 0) is 4.74 Å². The Bertz CT molecular complexity index is 824. The molecule has 10 heteroatoms. The van der Waals surface area contributed by atoms with Gasteiger partial charge in [0.2, 0.25) is 0 Å². The first-order chi connectivity index (χ1) is 11.2. The standard InChI is InChI=1S/C14H16BrN5O4/c1-14(2,3)24-13(23)19(12(21)22)10-8-9(15)18-20(7-4-5-7)11(8)17-6-16-10/h6-7H,4-5H2,1-3H3,(H,21,22). The number of halogens is 1. The normalized spacial score (nSPS) is 14.7. The first-order valence-corrected chi connectivity index (χ1v) is 8.13. The van der Waals surface area contributed by atoms with Gasteiger partial charge in [-0.3, -0.25) is 0 Å². The fourth-order valence-corrected chi connectivity index (χ4v) is 2.75. The Morgan fingerprint density at radius 2 is 2.04 bits per heavy atom. The fraction of sp³-hybridized carbons (Fsp3) is 0.500. The summed E-state index contributed by atoms with van der Waals surface area (Å²) in [6, 6.07) is 0.237. The highest BCUT2D eigenvalue weighted by molar-refractivity contribution is 9.10. The zero-order valence-electron chi connectivity index (χ0n) is 13.4. The van der Waals surface area contributed by atoms with E-state index in [4.69, 9.17) is 4.74 Å². The molecule has 0 unspecified atom stereocenters. The molecule has 1 saturated carbocycles. The predicted octanol–water partition coefficient (Wildman–Crippen LogP) is 3.34. The molecule has 1 fully saturated rings. The van der Waals surface area contributed by atoms with Crippen LogP contribution in [0.4, 0.5) is 15.4 Å². The van der Waals surface area contributed by atoms with Crippen molar-refractivity contribution in [1.29, 1.82) is 0 Å². The van der Waals surface area contributed by atoms with Crippen LogP contribution in [0, 0.1) is 0 Å². The van der Waals surface area contributed by atoms with E-state index in [1.165, 1.54) is 6.33 Å². The minimum Gasteiger partial charge on any atom is -0.464 e. The number of ether oxygens (including phenoxy) is 1. The molecule has 2 aromatic heterocycles. The number of fused-ring (bicyclic) bond motifs is 1. The van der Waals surface area contributed by atoms with Gasteiger partial charge in [0.25, 0.3) is 0 Å². The SMILES string of the molecule is CC(C)(C)OC(=O)N(C(=O)O)c1ncnc2c1c(Br)nn2C1CC1. The summed E-state index contributed by atoms with van der Waals surface area (Å²) in [7, 11) is 0. The summed E-state index contributed by atoms with van der Waals surface area (Å²) < 4.78 is 7.28. The van der Waals surface area contributed by atoms with Crippen molar-refractivity contribution in [1.82, 2.24) is 19.7 Å². The monoisotopic (exact) mass is 397 g/mol. The number of hydrogen-bond donors (Lipinski definition) is 1. The largest absolute Gasteiger partial charge is 0.464 e. The van der Waals surface area contributed by atoms with Crippen molar-refractivity contribution >= 4 is 45.0 Å². The molecule has 0 atom stereocenters. The maximum absolute atomic E-state index is 12.3. The number of aromatic nitrogens is 4. The van der Waals surface area contributed by atoms with Crippen LogP contribution in [0.2, 0.25) is 0 Å². The Kier molecular flexibility index (Phi) is 3.94. The van der Waals surface area contributed by atoms with Crippen molar-refractivity contribution in [2.24, 2.45) is 0 Å². The van der Waals surface area contributed by atoms with Crippen LogP contribution in [0.3, 0.4) is 0 Å². The molecule has 0 aliphatic heterocycles. The highest BCUT2D eigenvalue weighted by atomic mass is 79.9. The number of imide groups is 1. The van der Waals surface area contributed by atoms with E-state index in [1.54, 1.807) is 25.5 Å². The third-order valence-electron chi connectivity index (χ3n) is 3.30. The molecule has 1 N–H and O–H groups in total. The van der Waals surface area contributed by atoms with E-state index in [0.29, 0.717) is 20.5 Å². The van der Waals surface area contributed by atoms with Crippen molar-refractivity contribution in [3.63, 3.8) is 0 Å². The molecule has 128 valence electrons. The number of anilines is 1. The first-order valence-electron chi connectivity index (χ1n) is 7.34. The van der Waals surface area contributed by atoms with Gasteiger partial charge >= 0.3 is 12.2 Å². The molecule has 2 amide bonds. The predicted molar refractivity (Wildman–Crippen MR) is 88.0 cm³/mol. The Morgan fingerprint density at radius 3 is 2.58 bits per heavy atom. The van der Waals surface area contributed by atoms with Crippen molar-refractivity contribution < 1.29 is 19.4 Å². The minimum absolute atomic E-state index is 0.0828. The van der Waals surface area contributed by atoms with Crippen LogP contribution >= 0.6 is 15.9 Å². The highest BCUT2D eigenvalue weighted by Crippen LogP contribution is 2.39. The van der Waals surface area contributed by atoms with E-state index in [-0.39, 0.29) is 11.9 Å². The molecule has 0 aromatic carbocycles. The second-order valence-corrected chi connectivity index (χ2v) is 7.21. The van der Waals surface area contributed by atoms with Crippen LogP contribution in [0.25, 0.3) is 11.0 Å². The highest BCUT2D eigenvalue weighted by Gasteiger charge is 2.34. The molecular weight excluding hydrogens is 382 g/mol. The van der Waals surface area contributed by atoms with E-state index in [2.05, 4.69) is 31.0 Å². The molecule has 2 aromatic rings. The van der Waals surface area contributed by atoms with Crippen LogP contribution in [0.5, 0.6) is 0 Å². The number of nitrogens with zero attached hydrogens (tertiary/aromatic N) is 5. The molecule has 2 heterocycles. The summed E-state index contributed by atoms with van der Waals surface area (Å²) in [4.78, 5) is 32.6. The summed E-state index contributed by atoms with van der Waals surface area (Å²) in [5, 5.41) is 14.2. The van der Waals surface area contributed by atoms with Gasteiger partial charge in [0.15, 0.2) is 11.5 Å². The van der Waals surface area contributed by atoms with Crippen LogP contribution in [-0.4, -0.2) is 42.6 Å². The number of carbonyl (C=O) groups is 2. The Balaban J connectivity index is 2.11. The van der Waals surface area contributed by atoms with Crippen molar-refractivity contribution in [2.75, 3.05) is 4.90 Å². The van der Waals surface area contributed by atoms with Gasteiger partial charge in [0.1, 0.15) is 16.5 Å². The van der Waals surface area contributed by atoms with Crippen LogP contribution in [0.15, 0.2) is 10.9 Å². The van der Waals surface area contributed by atoms with Crippen LogP contribution < -0.4 is 4.90 Å². The van der Waals surface area contributed by atoms with Crippen molar-refractivity contribution in [2.45, 2.75) is 45.3 Å². The Labute approximate surface area is 145 Å². The fourth-order valence-electron chi connectivity index (χ4n) is 2.22. The van der Waals surface area contributed by atoms with E-state index >= 15 is 0 Å². The Morgan fingerprint density at radius 1 is 1.38 bits per heavy atom. The van der Waals surface area contributed by atoms with Crippen molar-refractivity contribution in [3.05, 3.63) is 10.9 Å². The molecule has 0 spiro atoms.